The second-order valence-corrected chi connectivity index (χ2v) is 6.04. The van der Waals surface area contributed by atoms with Gasteiger partial charge in [0, 0.05) is 6.20 Å². The van der Waals surface area contributed by atoms with Crippen LogP contribution in [0, 0.1) is 0 Å². The van der Waals surface area contributed by atoms with E-state index < -0.39 is 16.1 Å². The Morgan fingerprint density at radius 2 is 2.15 bits per heavy atom. The van der Waals surface area contributed by atoms with E-state index in [-0.39, 0.29) is 11.4 Å². The minimum Gasteiger partial charge on any atom is -0.389 e. The highest BCUT2D eigenvalue weighted by atomic mass is 32.2. The third-order valence-electron chi connectivity index (χ3n) is 2.74. The van der Waals surface area contributed by atoms with Crippen LogP contribution in [0.4, 0.5) is 0 Å². The van der Waals surface area contributed by atoms with E-state index in [2.05, 4.69) is 14.7 Å². The summed E-state index contributed by atoms with van der Waals surface area (Å²) in [4.78, 5) is 7.82. The molecule has 0 fully saturated rings. The number of aliphatic hydroxyl groups is 1. The average molecular weight is 293 g/mol. The van der Waals surface area contributed by atoms with Crippen molar-refractivity contribution in [2.24, 2.45) is 0 Å². The van der Waals surface area contributed by atoms with Gasteiger partial charge in [-0.25, -0.2) is 23.1 Å². The fourth-order valence-electron chi connectivity index (χ4n) is 1.62. The summed E-state index contributed by atoms with van der Waals surface area (Å²) in [6, 6.07) is 7.84. The van der Waals surface area contributed by atoms with Gasteiger partial charge in [0.2, 0.25) is 10.0 Å². The highest BCUT2D eigenvalue weighted by molar-refractivity contribution is 7.89. The second-order valence-electron chi connectivity index (χ2n) is 4.27. The van der Waals surface area contributed by atoms with Crippen LogP contribution in [0.5, 0.6) is 0 Å². The van der Waals surface area contributed by atoms with Gasteiger partial charge in [-0.15, -0.1) is 0 Å². The van der Waals surface area contributed by atoms with Gasteiger partial charge < -0.3 is 5.11 Å². The molecule has 2 aromatic rings. The molecule has 0 spiro atoms. The van der Waals surface area contributed by atoms with Crippen LogP contribution in [0.3, 0.4) is 0 Å². The lowest BCUT2D eigenvalue weighted by atomic mass is 10.1. The number of nitrogens with zero attached hydrogens (tertiary/aromatic N) is 2. The molecule has 0 radical (unpaired) electrons. The van der Waals surface area contributed by atoms with Crippen LogP contribution in [0.15, 0.2) is 47.8 Å². The Morgan fingerprint density at radius 1 is 1.35 bits per heavy atom. The van der Waals surface area contributed by atoms with E-state index in [4.69, 9.17) is 0 Å². The molecule has 6 nitrogen and oxygen atoms in total. The first kappa shape index (κ1) is 14.6. The van der Waals surface area contributed by atoms with Crippen molar-refractivity contribution >= 4 is 10.0 Å². The SMILES string of the molecule is CC(O)c1cccc(S(=O)(=O)NCc2ccncn2)c1. The fraction of sp³-hybridized carbons (Fsp3) is 0.231. The number of hydrogen-bond acceptors (Lipinski definition) is 5. The van der Waals surface area contributed by atoms with Gasteiger partial charge in [0.1, 0.15) is 6.33 Å². The molecule has 1 unspecified atom stereocenters. The van der Waals surface area contributed by atoms with Gasteiger partial charge in [-0.05, 0) is 30.7 Å². The van der Waals surface area contributed by atoms with Crippen molar-refractivity contribution in [1.82, 2.24) is 14.7 Å². The Balaban J connectivity index is 2.16. The number of benzene rings is 1. The quantitative estimate of drug-likeness (QED) is 0.858. The van der Waals surface area contributed by atoms with Crippen molar-refractivity contribution in [3.05, 3.63) is 54.1 Å². The molecule has 1 heterocycles. The molecule has 1 atom stereocenters. The lowest BCUT2D eigenvalue weighted by Gasteiger charge is -2.09. The molecule has 0 bridgehead atoms. The molecule has 20 heavy (non-hydrogen) atoms. The minimum atomic E-state index is -3.64. The van der Waals surface area contributed by atoms with E-state index in [0.717, 1.165) is 0 Å². The normalized spacial score (nSPS) is 13.1. The fourth-order valence-corrected chi connectivity index (χ4v) is 2.67. The Bertz CT molecular complexity index is 672. The molecule has 7 heteroatoms. The highest BCUT2D eigenvalue weighted by Crippen LogP contribution is 2.17. The summed E-state index contributed by atoms with van der Waals surface area (Å²) in [7, 11) is -3.64. The summed E-state index contributed by atoms with van der Waals surface area (Å²) < 4.78 is 26.7. The lowest BCUT2D eigenvalue weighted by Crippen LogP contribution is -2.23. The molecule has 0 amide bonds. The summed E-state index contributed by atoms with van der Waals surface area (Å²) in [6.45, 7) is 1.67. The van der Waals surface area contributed by atoms with Gasteiger partial charge in [0.25, 0.3) is 0 Å². The molecule has 2 rings (SSSR count). The summed E-state index contributed by atoms with van der Waals surface area (Å²) in [5.41, 5.74) is 1.13. The standard InChI is InChI=1S/C13H15N3O3S/c1-10(17)11-3-2-4-13(7-11)20(18,19)16-8-12-5-6-14-9-15-12/h2-7,9-10,16-17H,8H2,1H3. The third-order valence-corrected chi connectivity index (χ3v) is 4.14. The van der Waals surface area contributed by atoms with Gasteiger partial charge in [-0.1, -0.05) is 12.1 Å². The first-order valence-corrected chi connectivity index (χ1v) is 7.50. The predicted molar refractivity (Wildman–Crippen MR) is 73.1 cm³/mol. The van der Waals surface area contributed by atoms with E-state index >= 15 is 0 Å². The van der Waals surface area contributed by atoms with Crippen molar-refractivity contribution in [3.8, 4) is 0 Å². The Labute approximate surface area is 117 Å². The zero-order chi connectivity index (χ0) is 14.6. The summed E-state index contributed by atoms with van der Waals surface area (Å²) in [6.07, 6.45) is 2.19. The highest BCUT2D eigenvalue weighted by Gasteiger charge is 2.15. The van der Waals surface area contributed by atoms with Crippen molar-refractivity contribution in [1.29, 1.82) is 0 Å². The lowest BCUT2D eigenvalue weighted by molar-refractivity contribution is 0.199. The zero-order valence-corrected chi connectivity index (χ0v) is 11.7. The minimum absolute atomic E-state index is 0.0871. The van der Waals surface area contributed by atoms with Crippen molar-refractivity contribution in [2.45, 2.75) is 24.5 Å². The molecular formula is C13H15N3O3S. The van der Waals surface area contributed by atoms with Gasteiger partial charge >= 0.3 is 0 Å². The summed E-state index contributed by atoms with van der Waals surface area (Å²) in [5, 5.41) is 9.49. The maximum Gasteiger partial charge on any atom is 0.240 e. The molecule has 1 aromatic carbocycles. The Kier molecular flexibility index (Phi) is 4.43. The molecule has 0 saturated carbocycles. The van der Waals surface area contributed by atoms with Crippen LogP contribution in [0.1, 0.15) is 24.3 Å². The van der Waals surface area contributed by atoms with Crippen LogP contribution in [0.2, 0.25) is 0 Å². The Hall–Kier alpha value is -1.83. The van der Waals surface area contributed by atoms with Gasteiger partial charge in [0.05, 0.1) is 23.2 Å². The van der Waals surface area contributed by atoms with E-state index in [1.165, 1.54) is 18.5 Å². The Morgan fingerprint density at radius 3 is 2.80 bits per heavy atom. The predicted octanol–water partition coefficient (Wildman–Crippen LogP) is 1.01. The summed E-state index contributed by atoms with van der Waals surface area (Å²) in [5.74, 6) is 0. The number of aromatic nitrogens is 2. The second kappa shape index (κ2) is 6.08. The van der Waals surface area contributed by atoms with Crippen LogP contribution < -0.4 is 4.72 Å². The smallest absolute Gasteiger partial charge is 0.240 e. The van der Waals surface area contributed by atoms with Gasteiger partial charge in [-0.2, -0.15) is 0 Å². The number of sulfonamides is 1. The molecule has 2 N–H and O–H groups in total. The molecule has 0 saturated heterocycles. The van der Waals surface area contributed by atoms with Crippen molar-refractivity contribution in [2.75, 3.05) is 0 Å². The largest absolute Gasteiger partial charge is 0.389 e. The van der Waals surface area contributed by atoms with Crippen molar-refractivity contribution in [3.63, 3.8) is 0 Å². The molecule has 1 aromatic heterocycles. The molecule has 0 aliphatic rings. The van der Waals surface area contributed by atoms with E-state index in [0.29, 0.717) is 11.3 Å². The number of aliphatic hydroxyl groups excluding tert-OH is 1. The summed E-state index contributed by atoms with van der Waals surface area (Å²) >= 11 is 0. The third kappa shape index (κ3) is 3.60. The number of rotatable bonds is 5. The average Bonchev–Trinajstić information content (AvgIpc) is 2.46. The molecule has 0 aliphatic carbocycles. The zero-order valence-electron chi connectivity index (χ0n) is 10.9. The molecular weight excluding hydrogens is 278 g/mol. The van der Waals surface area contributed by atoms with E-state index in [1.807, 2.05) is 0 Å². The molecule has 0 aliphatic heterocycles. The monoisotopic (exact) mass is 293 g/mol. The van der Waals surface area contributed by atoms with E-state index in [9.17, 15) is 13.5 Å². The maximum atomic E-state index is 12.1. The molecule has 106 valence electrons. The van der Waals surface area contributed by atoms with Crippen LogP contribution in [0.25, 0.3) is 0 Å². The topological polar surface area (TPSA) is 92.2 Å². The van der Waals surface area contributed by atoms with Gasteiger partial charge in [0.15, 0.2) is 0 Å². The number of hydrogen-bond donors (Lipinski definition) is 2. The van der Waals surface area contributed by atoms with Crippen LogP contribution in [-0.2, 0) is 16.6 Å². The maximum absolute atomic E-state index is 12.1. The first-order valence-electron chi connectivity index (χ1n) is 6.01. The van der Waals surface area contributed by atoms with Crippen LogP contribution in [-0.4, -0.2) is 23.5 Å². The van der Waals surface area contributed by atoms with E-state index in [1.54, 1.807) is 31.3 Å². The number of nitrogens with one attached hydrogen (secondary N) is 1. The first-order chi connectivity index (χ1) is 9.49. The van der Waals surface area contributed by atoms with Crippen LogP contribution >= 0.6 is 0 Å². The van der Waals surface area contributed by atoms with Crippen molar-refractivity contribution < 1.29 is 13.5 Å². The van der Waals surface area contributed by atoms with Gasteiger partial charge in [-0.3, -0.25) is 0 Å².